The minimum Gasteiger partial charge on any atom is -0.319 e. The Kier molecular flexibility index (Phi) is 5.35. The maximum atomic E-state index is 13.6. The molecule has 0 unspecified atom stereocenters. The average Bonchev–Trinajstić information content (AvgIpc) is 2.54. The Balaban J connectivity index is 2.21. The number of nitrogens with one attached hydrogen (secondary N) is 1. The second-order valence-corrected chi connectivity index (χ2v) is 6.97. The first kappa shape index (κ1) is 17.7. The van der Waals surface area contributed by atoms with Crippen molar-refractivity contribution < 1.29 is 17.6 Å². The Hall–Kier alpha value is -2.67. The van der Waals surface area contributed by atoms with Crippen molar-refractivity contribution in [3.63, 3.8) is 0 Å². The van der Waals surface area contributed by atoms with Crippen molar-refractivity contribution >= 4 is 27.3 Å². The van der Waals surface area contributed by atoms with Gasteiger partial charge in [-0.25, -0.2) is 12.8 Å². The van der Waals surface area contributed by atoms with E-state index in [4.69, 9.17) is 0 Å². The smallest absolute Gasteiger partial charge is 0.255 e. The van der Waals surface area contributed by atoms with Gasteiger partial charge in [0.2, 0.25) is 10.0 Å². The Labute approximate surface area is 140 Å². The largest absolute Gasteiger partial charge is 0.319 e. The minimum atomic E-state index is -3.46. The molecular formula is C17H17FN2O3S. The lowest BCUT2D eigenvalue weighted by atomic mass is 10.2. The van der Waals surface area contributed by atoms with E-state index in [0.717, 1.165) is 6.26 Å². The molecule has 0 aromatic heterocycles. The number of rotatable bonds is 6. The summed E-state index contributed by atoms with van der Waals surface area (Å²) in [6, 6.07) is 11.8. The van der Waals surface area contributed by atoms with Crippen LogP contribution in [0.5, 0.6) is 0 Å². The summed E-state index contributed by atoms with van der Waals surface area (Å²) in [6.07, 6.45) is 2.56. The number of benzene rings is 2. The maximum Gasteiger partial charge on any atom is 0.255 e. The van der Waals surface area contributed by atoms with Gasteiger partial charge in [0.05, 0.1) is 24.2 Å². The molecule has 0 atom stereocenters. The van der Waals surface area contributed by atoms with E-state index in [9.17, 15) is 17.6 Å². The van der Waals surface area contributed by atoms with Crippen molar-refractivity contribution in [2.75, 3.05) is 22.4 Å². The summed E-state index contributed by atoms with van der Waals surface area (Å²) >= 11 is 0. The minimum absolute atomic E-state index is 0.0796. The third kappa shape index (κ3) is 4.20. The SMILES string of the molecule is C=CCN(c1ccc(C(=O)Nc2ccccc2F)cc1)S(C)(=O)=O. The Morgan fingerprint density at radius 2 is 1.83 bits per heavy atom. The third-order valence-corrected chi connectivity index (χ3v) is 4.40. The van der Waals surface area contributed by atoms with Crippen molar-refractivity contribution in [3.05, 3.63) is 72.6 Å². The standard InChI is InChI=1S/C17H17FN2O3S/c1-3-12-20(24(2,22)23)14-10-8-13(9-11-14)17(21)19-16-7-5-4-6-15(16)18/h3-11H,1,12H2,2H3,(H,19,21). The van der Waals surface area contributed by atoms with Gasteiger partial charge in [0.15, 0.2) is 0 Å². The normalized spacial score (nSPS) is 10.9. The van der Waals surface area contributed by atoms with E-state index in [1.54, 1.807) is 6.07 Å². The molecule has 2 rings (SSSR count). The number of hydrogen-bond acceptors (Lipinski definition) is 3. The molecule has 1 amide bonds. The first-order chi connectivity index (χ1) is 11.3. The van der Waals surface area contributed by atoms with Crippen molar-refractivity contribution in [1.82, 2.24) is 0 Å². The zero-order chi connectivity index (χ0) is 17.7. The molecule has 2 aromatic carbocycles. The summed E-state index contributed by atoms with van der Waals surface area (Å²) in [5, 5.41) is 2.47. The van der Waals surface area contributed by atoms with Crippen LogP contribution in [0.15, 0.2) is 61.2 Å². The van der Waals surface area contributed by atoms with Crippen LogP contribution in [-0.2, 0) is 10.0 Å². The number of sulfonamides is 1. The van der Waals surface area contributed by atoms with Gasteiger partial charge in [-0.1, -0.05) is 18.2 Å². The van der Waals surface area contributed by atoms with E-state index < -0.39 is 21.7 Å². The van der Waals surface area contributed by atoms with Crippen LogP contribution < -0.4 is 9.62 Å². The van der Waals surface area contributed by atoms with Crippen LogP contribution in [0.4, 0.5) is 15.8 Å². The lowest BCUT2D eigenvalue weighted by Crippen LogP contribution is -2.29. The van der Waals surface area contributed by atoms with Crippen molar-refractivity contribution in [2.24, 2.45) is 0 Å². The van der Waals surface area contributed by atoms with Gasteiger partial charge in [-0.3, -0.25) is 9.10 Å². The van der Waals surface area contributed by atoms with Crippen LogP contribution in [0.2, 0.25) is 0 Å². The monoisotopic (exact) mass is 348 g/mol. The molecule has 126 valence electrons. The zero-order valence-corrected chi connectivity index (χ0v) is 13.9. The molecule has 0 aliphatic rings. The fraction of sp³-hybridized carbons (Fsp3) is 0.118. The van der Waals surface area contributed by atoms with Gasteiger partial charge < -0.3 is 5.32 Å². The highest BCUT2D eigenvalue weighted by molar-refractivity contribution is 7.92. The Bertz CT molecular complexity index is 848. The molecule has 0 radical (unpaired) electrons. The molecule has 1 N–H and O–H groups in total. The average molecular weight is 348 g/mol. The molecule has 0 spiro atoms. The fourth-order valence-electron chi connectivity index (χ4n) is 2.09. The van der Waals surface area contributed by atoms with Gasteiger partial charge >= 0.3 is 0 Å². The molecule has 0 aliphatic carbocycles. The third-order valence-electron chi connectivity index (χ3n) is 3.23. The quantitative estimate of drug-likeness (QED) is 0.816. The van der Waals surface area contributed by atoms with Crippen molar-refractivity contribution in [2.45, 2.75) is 0 Å². The summed E-state index contributed by atoms with van der Waals surface area (Å²) in [5.41, 5.74) is 0.782. The first-order valence-electron chi connectivity index (χ1n) is 7.07. The summed E-state index contributed by atoms with van der Waals surface area (Å²) in [4.78, 5) is 12.1. The molecule has 0 saturated carbocycles. The lowest BCUT2D eigenvalue weighted by molar-refractivity contribution is 0.102. The number of nitrogens with zero attached hydrogens (tertiary/aromatic N) is 1. The van der Waals surface area contributed by atoms with Gasteiger partial charge in [-0.05, 0) is 36.4 Å². The van der Waals surface area contributed by atoms with E-state index in [0.29, 0.717) is 5.69 Å². The Morgan fingerprint density at radius 3 is 2.38 bits per heavy atom. The zero-order valence-electron chi connectivity index (χ0n) is 13.1. The van der Waals surface area contributed by atoms with Gasteiger partial charge in [0.25, 0.3) is 5.91 Å². The van der Waals surface area contributed by atoms with Crippen LogP contribution in [-0.4, -0.2) is 27.1 Å². The van der Waals surface area contributed by atoms with Gasteiger partial charge in [-0.15, -0.1) is 6.58 Å². The van der Waals surface area contributed by atoms with Crippen LogP contribution >= 0.6 is 0 Å². The van der Waals surface area contributed by atoms with E-state index >= 15 is 0 Å². The lowest BCUT2D eigenvalue weighted by Gasteiger charge is -2.20. The van der Waals surface area contributed by atoms with E-state index in [1.807, 2.05) is 0 Å². The summed E-state index contributed by atoms with van der Waals surface area (Å²) < 4.78 is 38.3. The molecule has 0 saturated heterocycles. The molecule has 2 aromatic rings. The number of para-hydroxylation sites is 1. The Morgan fingerprint density at radius 1 is 1.21 bits per heavy atom. The number of amides is 1. The second-order valence-electron chi connectivity index (χ2n) is 5.06. The van der Waals surface area contributed by atoms with E-state index in [2.05, 4.69) is 11.9 Å². The molecule has 0 aliphatic heterocycles. The molecule has 0 heterocycles. The number of anilines is 2. The topological polar surface area (TPSA) is 66.5 Å². The molecule has 0 bridgehead atoms. The van der Waals surface area contributed by atoms with E-state index in [1.165, 1.54) is 52.8 Å². The van der Waals surface area contributed by atoms with Crippen LogP contribution in [0.3, 0.4) is 0 Å². The number of hydrogen-bond donors (Lipinski definition) is 1. The van der Waals surface area contributed by atoms with Gasteiger partial charge in [-0.2, -0.15) is 0 Å². The van der Waals surface area contributed by atoms with Crippen molar-refractivity contribution in [1.29, 1.82) is 0 Å². The summed E-state index contributed by atoms with van der Waals surface area (Å²) in [7, 11) is -3.46. The first-order valence-corrected chi connectivity index (χ1v) is 8.92. The molecular weight excluding hydrogens is 331 g/mol. The van der Waals surface area contributed by atoms with Crippen LogP contribution in [0.1, 0.15) is 10.4 Å². The molecule has 24 heavy (non-hydrogen) atoms. The highest BCUT2D eigenvalue weighted by Crippen LogP contribution is 2.19. The highest BCUT2D eigenvalue weighted by atomic mass is 32.2. The fourth-order valence-corrected chi connectivity index (χ4v) is 2.97. The number of carbonyl (C=O) groups excluding carboxylic acids is 1. The van der Waals surface area contributed by atoms with E-state index in [-0.39, 0.29) is 17.8 Å². The number of halogens is 1. The summed E-state index contributed by atoms with van der Waals surface area (Å²) in [6.45, 7) is 3.66. The molecule has 7 heteroatoms. The maximum absolute atomic E-state index is 13.6. The number of carbonyl (C=O) groups is 1. The summed E-state index contributed by atoms with van der Waals surface area (Å²) in [5.74, 6) is -1.02. The molecule has 5 nitrogen and oxygen atoms in total. The van der Waals surface area contributed by atoms with Gasteiger partial charge in [0.1, 0.15) is 5.82 Å². The predicted octanol–water partition coefficient (Wildman–Crippen LogP) is 3.03. The van der Waals surface area contributed by atoms with Crippen LogP contribution in [0, 0.1) is 5.82 Å². The van der Waals surface area contributed by atoms with Crippen molar-refractivity contribution in [3.8, 4) is 0 Å². The predicted molar refractivity (Wildman–Crippen MR) is 93.2 cm³/mol. The van der Waals surface area contributed by atoms with Crippen LogP contribution in [0.25, 0.3) is 0 Å². The molecule has 0 fully saturated rings. The van der Waals surface area contributed by atoms with Gasteiger partial charge in [0, 0.05) is 5.56 Å². The highest BCUT2D eigenvalue weighted by Gasteiger charge is 2.16. The second kappa shape index (κ2) is 7.27.